The van der Waals surface area contributed by atoms with Gasteiger partial charge in [-0.25, -0.2) is 14.6 Å². The molecule has 0 aliphatic rings. The van der Waals surface area contributed by atoms with Gasteiger partial charge in [0.25, 0.3) is 0 Å². The molecular weight excluding hydrogens is 436 g/mol. The molecule has 34 heavy (non-hydrogen) atoms. The summed E-state index contributed by atoms with van der Waals surface area (Å²) in [6, 6.07) is 20.5. The molecule has 0 amide bonds. The average molecular weight is 456 g/mol. The first-order valence-electron chi connectivity index (χ1n) is 10.7. The fourth-order valence-corrected chi connectivity index (χ4v) is 3.97. The number of imidazole rings is 1. The van der Waals surface area contributed by atoms with E-state index in [4.69, 9.17) is 4.84 Å². The van der Waals surface area contributed by atoms with Crippen molar-refractivity contribution in [3.8, 4) is 22.5 Å². The van der Waals surface area contributed by atoms with Crippen LogP contribution in [0.15, 0.2) is 76.0 Å². The molecule has 0 aliphatic carbocycles. The van der Waals surface area contributed by atoms with Crippen LogP contribution in [0.5, 0.6) is 0 Å². The molecule has 0 saturated heterocycles. The number of carboxylic acids is 1. The number of para-hydroxylation sites is 1. The van der Waals surface area contributed by atoms with Crippen LogP contribution < -0.4 is 10.6 Å². The van der Waals surface area contributed by atoms with E-state index in [0.717, 1.165) is 22.3 Å². The third-order valence-electron chi connectivity index (χ3n) is 5.44. The summed E-state index contributed by atoms with van der Waals surface area (Å²) < 4.78 is 6.17. The van der Waals surface area contributed by atoms with Gasteiger partial charge in [-0.2, -0.15) is 4.73 Å². The Morgan fingerprint density at radius 1 is 1.06 bits per heavy atom. The number of nitrogens with one attached hydrogen (secondary N) is 1. The fraction of sp³-hybridized carbons (Fsp3) is 0.120. The minimum atomic E-state index is -1.03. The molecule has 9 nitrogen and oxygen atoms in total. The van der Waals surface area contributed by atoms with Crippen molar-refractivity contribution < 1.29 is 19.3 Å². The van der Waals surface area contributed by atoms with Gasteiger partial charge in [-0.3, -0.25) is 9.51 Å². The molecule has 0 saturated carbocycles. The normalized spacial score (nSPS) is 11.1. The largest absolute Gasteiger partial charge is 0.478 e. The maximum absolute atomic E-state index is 11.7. The Hall–Kier alpha value is -4.66. The van der Waals surface area contributed by atoms with E-state index in [1.54, 1.807) is 18.2 Å². The molecule has 3 aromatic carbocycles. The lowest BCUT2D eigenvalue weighted by Crippen LogP contribution is -2.16. The molecule has 0 radical (unpaired) electrons. The number of rotatable bonds is 7. The predicted molar refractivity (Wildman–Crippen MR) is 125 cm³/mol. The minimum Gasteiger partial charge on any atom is -0.478 e. The van der Waals surface area contributed by atoms with E-state index in [1.165, 1.54) is 4.73 Å². The van der Waals surface area contributed by atoms with Crippen molar-refractivity contribution in [1.82, 2.24) is 19.9 Å². The number of benzene rings is 3. The summed E-state index contributed by atoms with van der Waals surface area (Å²) in [7, 11) is 0. The Labute approximate surface area is 193 Å². The van der Waals surface area contributed by atoms with Gasteiger partial charge < -0.3 is 9.94 Å². The molecule has 0 spiro atoms. The van der Waals surface area contributed by atoms with E-state index in [2.05, 4.69) is 19.6 Å². The van der Waals surface area contributed by atoms with Gasteiger partial charge in [0.15, 0.2) is 11.6 Å². The zero-order valence-electron chi connectivity index (χ0n) is 18.2. The molecule has 9 heteroatoms. The summed E-state index contributed by atoms with van der Waals surface area (Å²) in [5, 5.41) is 13.4. The van der Waals surface area contributed by atoms with Crippen LogP contribution in [-0.4, -0.2) is 37.5 Å². The van der Waals surface area contributed by atoms with Crippen LogP contribution in [0.3, 0.4) is 0 Å². The Balaban J connectivity index is 1.50. The lowest BCUT2D eigenvalue weighted by atomic mass is 9.98. The van der Waals surface area contributed by atoms with Gasteiger partial charge in [0.2, 0.25) is 0 Å². The van der Waals surface area contributed by atoms with Crippen molar-refractivity contribution in [2.75, 3.05) is 6.61 Å². The zero-order valence-corrected chi connectivity index (χ0v) is 18.2. The number of H-pyrrole nitrogens is 1. The summed E-state index contributed by atoms with van der Waals surface area (Å²) in [5.41, 5.74) is 4.71. The van der Waals surface area contributed by atoms with Gasteiger partial charge in [-0.05, 0) is 35.7 Å². The third-order valence-corrected chi connectivity index (χ3v) is 5.44. The highest BCUT2D eigenvalue weighted by Crippen LogP contribution is 2.30. The van der Waals surface area contributed by atoms with Crippen LogP contribution >= 0.6 is 0 Å². The number of aromatic carboxylic acids is 1. The molecule has 0 aliphatic heterocycles. The lowest BCUT2D eigenvalue weighted by Gasteiger charge is -2.11. The van der Waals surface area contributed by atoms with Crippen LogP contribution in [0.1, 0.15) is 28.7 Å². The van der Waals surface area contributed by atoms with Crippen molar-refractivity contribution in [1.29, 1.82) is 0 Å². The van der Waals surface area contributed by atoms with Crippen molar-refractivity contribution in [3.05, 3.63) is 94.2 Å². The van der Waals surface area contributed by atoms with Crippen LogP contribution in [0.25, 0.3) is 33.5 Å². The van der Waals surface area contributed by atoms with Gasteiger partial charge in [0, 0.05) is 12.0 Å². The first-order valence-corrected chi connectivity index (χ1v) is 10.7. The molecule has 0 fully saturated rings. The Kier molecular flexibility index (Phi) is 5.43. The van der Waals surface area contributed by atoms with Crippen molar-refractivity contribution in [2.24, 2.45) is 0 Å². The molecule has 0 unspecified atom stereocenters. The summed E-state index contributed by atoms with van der Waals surface area (Å²) >= 11 is 0. The number of carbonyl (C=O) groups is 1. The molecular formula is C25H20N4O5. The highest BCUT2D eigenvalue weighted by atomic mass is 16.7. The van der Waals surface area contributed by atoms with Crippen LogP contribution in [0, 0.1) is 0 Å². The molecule has 5 aromatic rings. The second-order valence-electron chi connectivity index (χ2n) is 7.58. The van der Waals surface area contributed by atoms with E-state index in [0.29, 0.717) is 35.7 Å². The Bertz CT molecular complexity index is 1550. The Morgan fingerprint density at radius 3 is 2.50 bits per heavy atom. The summed E-state index contributed by atoms with van der Waals surface area (Å²) in [6.07, 6.45) is 0.451. The van der Waals surface area contributed by atoms with E-state index in [9.17, 15) is 14.7 Å². The molecule has 2 heterocycles. The van der Waals surface area contributed by atoms with Gasteiger partial charge in [-0.15, -0.1) is 0 Å². The molecule has 2 N–H and O–H groups in total. The lowest BCUT2D eigenvalue weighted by molar-refractivity contribution is 0.0694. The van der Waals surface area contributed by atoms with Gasteiger partial charge in [0.1, 0.15) is 12.1 Å². The van der Waals surface area contributed by atoms with Gasteiger partial charge in [-0.1, -0.05) is 59.8 Å². The van der Waals surface area contributed by atoms with Crippen molar-refractivity contribution >= 4 is 17.0 Å². The topological polar surface area (TPSA) is 123 Å². The quantitative estimate of drug-likeness (QED) is 0.382. The first kappa shape index (κ1) is 21.2. The van der Waals surface area contributed by atoms with Crippen molar-refractivity contribution in [3.63, 3.8) is 0 Å². The van der Waals surface area contributed by atoms with E-state index >= 15 is 0 Å². The number of fused-ring (bicyclic) bond motifs is 1. The van der Waals surface area contributed by atoms with Crippen molar-refractivity contribution in [2.45, 2.75) is 13.3 Å². The molecule has 0 bridgehead atoms. The monoisotopic (exact) mass is 456 g/mol. The summed E-state index contributed by atoms with van der Waals surface area (Å²) in [6.45, 7) is 2.21. The SMILES string of the molecule is CCOn1c(Cc2ccc(-c3ccccc3-c3noc(=O)[nH]3)cc2)nc2cccc(C(=O)O)c21. The first-order chi connectivity index (χ1) is 16.5. The number of nitrogens with zero attached hydrogens (tertiary/aromatic N) is 3. The molecule has 2 aromatic heterocycles. The maximum Gasteiger partial charge on any atom is 0.439 e. The van der Waals surface area contributed by atoms with Crippen LogP contribution in [0.4, 0.5) is 0 Å². The van der Waals surface area contributed by atoms with E-state index in [-0.39, 0.29) is 5.56 Å². The smallest absolute Gasteiger partial charge is 0.439 e. The standard InChI is InChI=1S/C25H20N4O5/c1-2-33-29-21(26-20-9-5-8-19(22(20)29)24(30)31)14-15-10-12-16(13-11-15)17-6-3-4-7-18(17)23-27-25(32)34-28-23/h3-13H,2,14H2,1H3,(H,30,31)(H,27,28,32). The highest BCUT2D eigenvalue weighted by molar-refractivity contribution is 6.01. The minimum absolute atomic E-state index is 0.141. The van der Waals surface area contributed by atoms with E-state index < -0.39 is 11.7 Å². The third kappa shape index (κ3) is 3.83. The number of hydrogen-bond donors (Lipinski definition) is 2. The molecule has 0 atom stereocenters. The number of aromatic amines is 1. The van der Waals surface area contributed by atoms with E-state index in [1.807, 2.05) is 55.5 Å². The average Bonchev–Trinajstić information content (AvgIpc) is 3.43. The number of hydrogen-bond acceptors (Lipinski definition) is 6. The molecule has 5 rings (SSSR count). The molecule has 170 valence electrons. The second-order valence-corrected chi connectivity index (χ2v) is 7.58. The maximum atomic E-state index is 11.7. The second kappa shape index (κ2) is 8.70. The predicted octanol–water partition coefficient (Wildman–Crippen LogP) is 3.78. The zero-order chi connectivity index (χ0) is 23.7. The number of aromatic nitrogens is 4. The summed E-state index contributed by atoms with van der Waals surface area (Å²) in [5.74, 6) is -0.666. The highest BCUT2D eigenvalue weighted by Gasteiger charge is 2.19. The fourth-order valence-electron chi connectivity index (χ4n) is 3.97. The van der Waals surface area contributed by atoms with Gasteiger partial charge >= 0.3 is 11.7 Å². The number of carboxylic acid groups (broad SMARTS) is 1. The van der Waals surface area contributed by atoms with Crippen LogP contribution in [-0.2, 0) is 6.42 Å². The van der Waals surface area contributed by atoms with Gasteiger partial charge in [0.05, 0.1) is 11.1 Å². The summed E-state index contributed by atoms with van der Waals surface area (Å²) in [4.78, 5) is 36.1. The Morgan fingerprint density at radius 2 is 1.82 bits per heavy atom. The van der Waals surface area contributed by atoms with Crippen LogP contribution in [0.2, 0.25) is 0 Å².